The average Bonchev–Trinajstić information content (AvgIpc) is 3.15. The highest BCUT2D eigenvalue weighted by molar-refractivity contribution is 6.30. The fourth-order valence-corrected chi connectivity index (χ4v) is 2.83. The van der Waals surface area contributed by atoms with Crippen LogP contribution in [0.2, 0.25) is 5.02 Å². The molecule has 0 N–H and O–H groups in total. The molecule has 1 saturated heterocycles. The van der Waals surface area contributed by atoms with Crippen LogP contribution in [0.3, 0.4) is 0 Å². The first-order chi connectivity index (χ1) is 10.6. The van der Waals surface area contributed by atoms with Crippen molar-refractivity contribution in [3.8, 4) is 11.4 Å². The van der Waals surface area contributed by atoms with Crippen molar-refractivity contribution in [1.29, 1.82) is 0 Å². The fraction of sp³-hybridized carbons (Fsp3) is 0.438. The topological polar surface area (TPSA) is 59.2 Å². The first-order valence-corrected chi connectivity index (χ1v) is 7.84. The lowest BCUT2D eigenvalue weighted by atomic mass is 10.1. The lowest BCUT2D eigenvalue weighted by Crippen LogP contribution is -2.33. The third-order valence-corrected chi connectivity index (χ3v) is 4.11. The third-order valence-electron chi connectivity index (χ3n) is 3.86. The van der Waals surface area contributed by atoms with Gasteiger partial charge in [0.2, 0.25) is 17.6 Å². The number of benzene rings is 1. The van der Waals surface area contributed by atoms with Crippen LogP contribution in [0.1, 0.15) is 38.6 Å². The minimum atomic E-state index is -0.108. The van der Waals surface area contributed by atoms with Crippen molar-refractivity contribution in [3.05, 3.63) is 35.2 Å². The van der Waals surface area contributed by atoms with E-state index >= 15 is 0 Å². The van der Waals surface area contributed by atoms with E-state index in [1.807, 2.05) is 30.9 Å². The third kappa shape index (κ3) is 2.86. The van der Waals surface area contributed by atoms with Crippen molar-refractivity contribution in [3.63, 3.8) is 0 Å². The molecule has 1 fully saturated rings. The van der Waals surface area contributed by atoms with Gasteiger partial charge >= 0.3 is 0 Å². The Kier molecular flexibility index (Phi) is 4.16. The van der Waals surface area contributed by atoms with Crippen LogP contribution in [0.4, 0.5) is 0 Å². The summed E-state index contributed by atoms with van der Waals surface area (Å²) in [6, 6.07) is 7.17. The molecule has 2 aromatic rings. The molecule has 6 heteroatoms. The highest BCUT2D eigenvalue weighted by Crippen LogP contribution is 2.33. The second kappa shape index (κ2) is 6.08. The molecule has 1 atom stereocenters. The summed E-state index contributed by atoms with van der Waals surface area (Å²) < 4.78 is 5.41. The van der Waals surface area contributed by atoms with Crippen LogP contribution < -0.4 is 0 Å². The van der Waals surface area contributed by atoms with Gasteiger partial charge in [0, 0.05) is 23.0 Å². The monoisotopic (exact) mass is 319 g/mol. The zero-order valence-corrected chi connectivity index (χ0v) is 13.4. The zero-order chi connectivity index (χ0) is 15.7. The van der Waals surface area contributed by atoms with E-state index in [-0.39, 0.29) is 17.9 Å². The molecule has 5 nitrogen and oxygen atoms in total. The smallest absolute Gasteiger partial charge is 0.249 e. The van der Waals surface area contributed by atoms with E-state index in [1.165, 1.54) is 0 Å². The van der Waals surface area contributed by atoms with E-state index in [9.17, 15) is 4.79 Å². The largest absolute Gasteiger partial charge is 0.337 e. The molecule has 22 heavy (non-hydrogen) atoms. The number of amides is 1. The molecule has 0 spiro atoms. The summed E-state index contributed by atoms with van der Waals surface area (Å²) in [5.74, 6) is 1.14. The Balaban J connectivity index is 1.84. The Labute approximate surface area is 134 Å². The molecule has 1 aromatic carbocycles. The first-order valence-electron chi connectivity index (χ1n) is 7.46. The summed E-state index contributed by atoms with van der Waals surface area (Å²) in [7, 11) is 0. The molecule has 2 heterocycles. The molecule has 0 aliphatic carbocycles. The summed E-state index contributed by atoms with van der Waals surface area (Å²) in [6.07, 6.45) is 1.82. The molecule has 1 aromatic heterocycles. The van der Waals surface area contributed by atoms with Crippen LogP contribution >= 0.6 is 11.6 Å². The number of halogens is 1. The van der Waals surface area contributed by atoms with Crippen LogP contribution in [0.25, 0.3) is 11.4 Å². The highest BCUT2D eigenvalue weighted by Gasteiger charge is 2.34. The van der Waals surface area contributed by atoms with Gasteiger partial charge in [0.05, 0.1) is 0 Å². The SMILES string of the molecule is CC(C)C(=O)N1CCCC1c1nc(-c2ccc(Cl)cc2)no1. The molecular formula is C16H18ClN3O2. The van der Waals surface area contributed by atoms with Crippen LogP contribution in [-0.4, -0.2) is 27.5 Å². The summed E-state index contributed by atoms with van der Waals surface area (Å²) >= 11 is 5.88. The molecule has 1 unspecified atom stereocenters. The van der Waals surface area contributed by atoms with Crippen LogP contribution in [0, 0.1) is 5.92 Å². The summed E-state index contributed by atoms with van der Waals surface area (Å²) in [5.41, 5.74) is 0.846. The van der Waals surface area contributed by atoms with Crippen molar-refractivity contribution < 1.29 is 9.32 Å². The second-order valence-corrected chi connectivity index (χ2v) is 6.24. The second-order valence-electron chi connectivity index (χ2n) is 5.81. The van der Waals surface area contributed by atoms with E-state index in [2.05, 4.69) is 10.1 Å². The summed E-state index contributed by atoms with van der Waals surface area (Å²) in [5, 5.41) is 4.70. The molecule has 116 valence electrons. The van der Waals surface area contributed by atoms with Crippen molar-refractivity contribution in [1.82, 2.24) is 15.0 Å². The molecule has 1 amide bonds. The van der Waals surface area contributed by atoms with Gasteiger partial charge < -0.3 is 9.42 Å². The number of hydrogen-bond acceptors (Lipinski definition) is 4. The van der Waals surface area contributed by atoms with Gasteiger partial charge in [0.15, 0.2) is 0 Å². The van der Waals surface area contributed by atoms with Crippen LogP contribution in [0.15, 0.2) is 28.8 Å². The van der Waals surface area contributed by atoms with Gasteiger partial charge in [-0.05, 0) is 37.1 Å². The number of hydrogen-bond donors (Lipinski definition) is 0. The van der Waals surface area contributed by atoms with E-state index in [0.29, 0.717) is 16.7 Å². The Hall–Kier alpha value is -1.88. The van der Waals surface area contributed by atoms with Gasteiger partial charge in [-0.2, -0.15) is 4.98 Å². The van der Waals surface area contributed by atoms with Crippen molar-refractivity contribution in [2.24, 2.45) is 5.92 Å². The summed E-state index contributed by atoms with van der Waals surface area (Å²) in [6.45, 7) is 4.57. The maximum absolute atomic E-state index is 12.3. The highest BCUT2D eigenvalue weighted by atomic mass is 35.5. The van der Waals surface area contributed by atoms with Crippen molar-refractivity contribution in [2.75, 3.05) is 6.54 Å². The quantitative estimate of drug-likeness (QED) is 0.865. The first kappa shape index (κ1) is 15.0. The fourth-order valence-electron chi connectivity index (χ4n) is 2.71. The van der Waals surface area contributed by atoms with Crippen molar-refractivity contribution in [2.45, 2.75) is 32.7 Å². The van der Waals surface area contributed by atoms with Crippen LogP contribution in [0.5, 0.6) is 0 Å². The lowest BCUT2D eigenvalue weighted by Gasteiger charge is -2.23. The molecule has 1 aliphatic rings. The molecule has 0 bridgehead atoms. The summed E-state index contributed by atoms with van der Waals surface area (Å²) in [4.78, 5) is 18.6. The molecule has 0 radical (unpaired) electrons. The Morgan fingerprint density at radius 3 is 2.77 bits per heavy atom. The standard InChI is InChI=1S/C16H18ClN3O2/c1-10(2)16(21)20-9-3-4-13(20)15-18-14(19-22-15)11-5-7-12(17)8-6-11/h5-8,10,13H,3-4,9H2,1-2H3. The number of likely N-dealkylation sites (tertiary alicyclic amines) is 1. The Bertz CT molecular complexity index is 666. The molecular weight excluding hydrogens is 302 g/mol. The molecule has 0 saturated carbocycles. The van der Waals surface area contributed by atoms with Gasteiger partial charge in [-0.15, -0.1) is 0 Å². The maximum Gasteiger partial charge on any atom is 0.249 e. The van der Waals surface area contributed by atoms with Gasteiger partial charge in [-0.1, -0.05) is 30.6 Å². The zero-order valence-electron chi connectivity index (χ0n) is 12.6. The van der Waals surface area contributed by atoms with Gasteiger partial charge in [0.1, 0.15) is 6.04 Å². The number of carbonyl (C=O) groups is 1. The predicted molar refractivity (Wildman–Crippen MR) is 83.3 cm³/mol. The average molecular weight is 320 g/mol. The van der Waals surface area contributed by atoms with E-state index in [0.717, 1.165) is 24.9 Å². The Morgan fingerprint density at radius 1 is 1.36 bits per heavy atom. The number of nitrogens with zero attached hydrogens (tertiary/aromatic N) is 3. The number of carbonyl (C=O) groups excluding carboxylic acids is 1. The normalized spacial score (nSPS) is 18.2. The number of aromatic nitrogens is 2. The van der Waals surface area contributed by atoms with Gasteiger partial charge in [0.25, 0.3) is 0 Å². The van der Waals surface area contributed by atoms with E-state index < -0.39 is 0 Å². The molecule has 3 rings (SSSR count). The predicted octanol–water partition coefficient (Wildman–Crippen LogP) is 3.71. The van der Waals surface area contributed by atoms with Crippen molar-refractivity contribution >= 4 is 17.5 Å². The lowest BCUT2D eigenvalue weighted by molar-refractivity contribution is -0.135. The van der Waals surface area contributed by atoms with Gasteiger partial charge in [-0.3, -0.25) is 4.79 Å². The number of rotatable bonds is 3. The molecule has 1 aliphatic heterocycles. The minimum Gasteiger partial charge on any atom is -0.337 e. The maximum atomic E-state index is 12.3. The van der Waals surface area contributed by atoms with E-state index in [4.69, 9.17) is 16.1 Å². The van der Waals surface area contributed by atoms with Crippen LogP contribution in [-0.2, 0) is 4.79 Å². The minimum absolute atomic E-state index is 0.0285. The van der Waals surface area contributed by atoms with E-state index in [1.54, 1.807) is 12.1 Å². The Morgan fingerprint density at radius 2 is 2.09 bits per heavy atom. The van der Waals surface area contributed by atoms with Gasteiger partial charge in [-0.25, -0.2) is 0 Å².